The van der Waals surface area contributed by atoms with E-state index in [2.05, 4.69) is 15.4 Å². The van der Waals surface area contributed by atoms with E-state index in [1.807, 2.05) is 0 Å². The normalized spacial score (nSPS) is 13.4. The third-order valence-electron chi connectivity index (χ3n) is 3.22. The summed E-state index contributed by atoms with van der Waals surface area (Å²) >= 11 is 0. The summed E-state index contributed by atoms with van der Waals surface area (Å²) in [6.07, 6.45) is 0. The van der Waals surface area contributed by atoms with Crippen LogP contribution in [0, 0.1) is 10.1 Å². The summed E-state index contributed by atoms with van der Waals surface area (Å²) in [5.74, 6) is 0. The smallest absolute Gasteiger partial charge is 0.323 e. The van der Waals surface area contributed by atoms with Crippen molar-refractivity contribution in [1.29, 1.82) is 0 Å². The Balaban J connectivity index is 0.00000312. The highest BCUT2D eigenvalue weighted by atomic mass is 35.5. The van der Waals surface area contributed by atoms with E-state index < -0.39 is 29.3 Å². The second kappa shape index (κ2) is 7.89. The van der Waals surface area contributed by atoms with Crippen molar-refractivity contribution in [1.82, 2.24) is 15.4 Å². The number of nitro groups is 1. The van der Waals surface area contributed by atoms with Gasteiger partial charge >= 0.3 is 18.7 Å². The van der Waals surface area contributed by atoms with Crippen molar-refractivity contribution in [2.24, 2.45) is 0 Å². The number of aromatic nitrogens is 2. The highest BCUT2D eigenvalue weighted by molar-refractivity contribution is 7.53. The largest absolute Gasteiger partial charge is 0.346 e. The second-order valence-corrected chi connectivity index (χ2v) is 7.61. The van der Waals surface area contributed by atoms with E-state index in [9.17, 15) is 29.2 Å². The number of nitro benzene ring substituents is 1. The Bertz CT molecular complexity index is 955. The molecule has 4 N–H and O–H groups in total. The number of non-ortho nitro benzene ring substituents is 1. The van der Waals surface area contributed by atoms with Gasteiger partial charge in [0, 0.05) is 24.2 Å². The number of benzene rings is 1. The first kappa shape index (κ1) is 21.0. The van der Waals surface area contributed by atoms with Gasteiger partial charge in [-0.2, -0.15) is 5.48 Å². The third-order valence-corrected chi connectivity index (χ3v) is 4.91. The Hall–Kier alpha value is -2.04. The summed E-state index contributed by atoms with van der Waals surface area (Å²) in [5.41, 5.74) is -0.161. The molecule has 13 heteroatoms. The SMILES string of the molecule is CC(C)P(=O)(O)ONCc1cc([N+](=O)[O-])cc2[nH]c(=O)c(=O)[nH]c12.Cl. The van der Waals surface area contributed by atoms with Crippen LogP contribution in [0.5, 0.6) is 0 Å². The number of aromatic amines is 2. The maximum absolute atomic E-state index is 11.7. The van der Waals surface area contributed by atoms with Gasteiger partial charge in [-0.1, -0.05) is 13.8 Å². The molecule has 1 aromatic heterocycles. The molecule has 0 aliphatic heterocycles. The van der Waals surface area contributed by atoms with Gasteiger partial charge in [0.1, 0.15) is 0 Å². The van der Waals surface area contributed by atoms with Crippen LogP contribution in [0.15, 0.2) is 21.7 Å². The molecule has 11 nitrogen and oxygen atoms in total. The molecule has 0 radical (unpaired) electrons. The number of hydrogen-bond donors (Lipinski definition) is 4. The third kappa shape index (κ3) is 4.74. The minimum Gasteiger partial charge on any atom is -0.323 e. The minimum absolute atomic E-state index is 0. The van der Waals surface area contributed by atoms with Crippen LogP contribution in [0.3, 0.4) is 0 Å². The molecule has 0 fully saturated rings. The maximum Gasteiger partial charge on any atom is 0.346 e. The average Bonchev–Trinajstić information content (AvgIpc) is 2.48. The minimum atomic E-state index is -3.88. The van der Waals surface area contributed by atoms with E-state index in [-0.39, 0.29) is 41.2 Å². The van der Waals surface area contributed by atoms with Gasteiger partial charge in [0.25, 0.3) is 5.69 Å². The summed E-state index contributed by atoms with van der Waals surface area (Å²) < 4.78 is 16.4. The van der Waals surface area contributed by atoms with Gasteiger partial charge in [0.15, 0.2) is 0 Å². The molecule has 0 saturated carbocycles. The van der Waals surface area contributed by atoms with Crippen LogP contribution in [0.4, 0.5) is 5.69 Å². The average molecular weight is 395 g/mol. The van der Waals surface area contributed by atoms with Gasteiger partial charge in [-0.3, -0.25) is 24.3 Å². The van der Waals surface area contributed by atoms with Gasteiger partial charge in [0.05, 0.1) is 21.6 Å². The highest BCUT2D eigenvalue weighted by Gasteiger charge is 2.25. The van der Waals surface area contributed by atoms with Crippen LogP contribution in [-0.4, -0.2) is 25.4 Å². The predicted molar refractivity (Wildman–Crippen MR) is 92.0 cm³/mol. The molecule has 1 unspecified atom stereocenters. The highest BCUT2D eigenvalue weighted by Crippen LogP contribution is 2.45. The van der Waals surface area contributed by atoms with Crippen LogP contribution >= 0.6 is 20.0 Å². The quantitative estimate of drug-likeness (QED) is 0.245. The zero-order valence-electron chi connectivity index (χ0n) is 13.1. The number of fused-ring (bicyclic) bond motifs is 1. The van der Waals surface area contributed by atoms with Crippen LogP contribution in [0.2, 0.25) is 0 Å². The number of H-pyrrole nitrogens is 2. The molecule has 0 saturated heterocycles. The van der Waals surface area contributed by atoms with E-state index in [0.717, 1.165) is 12.1 Å². The van der Waals surface area contributed by atoms with Crippen LogP contribution in [-0.2, 0) is 15.7 Å². The van der Waals surface area contributed by atoms with Crippen LogP contribution in [0.25, 0.3) is 11.0 Å². The van der Waals surface area contributed by atoms with Gasteiger partial charge in [-0.15, -0.1) is 12.4 Å². The first-order chi connectivity index (χ1) is 11.1. The standard InChI is InChI=1S/C12H15N4O7P.ClH/c1-6(2)24(21,22)23-13-5-7-3-8(16(19)20)4-9-10(7)15-12(18)11(17)14-9;/h3-4,6,13H,5H2,1-2H3,(H,14,17)(H,15,18)(H,21,22);1H. The van der Waals surface area contributed by atoms with E-state index in [0.29, 0.717) is 0 Å². The Labute approximate surface area is 146 Å². The van der Waals surface area contributed by atoms with Crippen molar-refractivity contribution < 1.29 is 19.0 Å². The maximum atomic E-state index is 11.7. The molecular weight excluding hydrogens is 379 g/mol. The number of rotatable bonds is 6. The predicted octanol–water partition coefficient (Wildman–Crippen LogP) is 1.16. The number of hydroxylamine groups is 1. The summed E-state index contributed by atoms with van der Waals surface area (Å²) in [6.45, 7) is 2.78. The van der Waals surface area contributed by atoms with Gasteiger partial charge in [-0.25, -0.2) is 4.62 Å². The lowest BCUT2D eigenvalue weighted by Crippen LogP contribution is -2.29. The Kier molecular flexibility index (Phi) is 6.63. The number of nitrogens with zero attached hydrogens (tertiary/aromatic N) is 1. The number of hydrogen-bond acceptors (Lipinski definition) is 7. The van der Waals surface area contributed by atoms with E-state index >= 15 is 0 Å². The fourth-order valence-electron chi connectivity index (χ4n) is 1.83. The molecule has 0 amide bonds. The van der Waals surface area contributed by atoms with Crippen molar-refractivity contribution in [3.05, 3.63) is 48.5 Å². The molecule has 0 aliphatic carbocycles. The molecule has 1 heterocycles. The number of nitrogens with one attached hydrogen (secondary N) is 3. The summed E-state index contributed by atoms with van der Waals surface area (Å²) in [5, 5.41) is 11.0. The molecule has 25 heavy (non-hydrogen) atoms. The molecule has 0 spiro atoms. The summed E-state index contributed by atoms with van der Waals surface area (Å²) in [7, 11) is -3.88. The first-order valence-electron chi connectivity index (χ1n) is 6.79. The molecule has 0 bridgehead atoms. The van der Waals surface area contributed by atoms with E-state index in [4.69, 9.17) is 4.62 Å². The lowest BCUT2D eigenvalue weighted by atomic mass is 10.1. The molecular formula is C12H16ClN4O7P. The topological polar surface area (TPSA) is 167 Å². The Morgan fingerprint density at radius 3 is 2.48 bits per heavy atom. The van der Waals surface area contributed by atoms with Crippen molar-refractivity contribution >= 4 is 36.7 Å². The molecule has 138 valence electrons. The van der Waals surface area contributed by atoms with Gasteiger partial charge in [-0.05, 0) is 0 Å². The molecule has 0 aliphatic rings. The fourth-order valence-corrected chi connectivity index (χ4v) is 2.29. The Morgan fingerprint density at radius 1 is 1.32 bits per heavy atom. The van der Waals surface area contributed by atoms with Crippen molar-refractivity contribution in [2.45, 2.75) is 26.1 Å². The molecule has 2 aromatic rings. The van der Waals surface area contributed by atoms with Crippen molar-refractivity contribution in [3.8, 4) is 0 Å². The molecule has 2 rings (SSSR count). The first-order valence-corrected chi connectivity index (χ1v) is 8.44. The number of halogens is 1. The van der Waals surface area contributed by atoms with E-state index in [1.54, 1.807) is 0 Å². The van der Waals surface area contributed by atoms with Gasteiger partial charge < -0.3 is 14.9 Å². The van der Waals surface area contributed by atoms with Crippen molar-refractivity contribution in [3.63, 3.8) is 0 Å². The summed E-state index contributed by atoms with van der Waals surface area (Å²) in [4.78, 5) is 47.3. The Morgan fingerprint density at radius 2 is 1.92 bits per heavy atom. The molecule has 1 atom stereocenters. The second-order valence-electron chi connectivity index (χ2n) is 5.26. The van der Waals surface area contributed by atoms with Crippen LogP contribution < -0.4 is 16.6 Å². The zero-order chi connectivity index (χ0) is 18.1. The lowest BCUT2D eigenvalue weighted by molar-refractivity contribution is -0.384. The monoisotopic (exact) mass is 394 g/mol. The van der Waals surface area contributed by atoms with Crippen LogP contribution in [0.1, 0.15) is 19.4 Å². The van der Waals surface area contributed by atoms with Gasteiger partial charge in [0.2, 0.25) is 0 Å². The zero-order valence-corrected chi connectivity index (χ0v) is 14.8. The summed E-state index contributed by atoms with van der Waals surface area (Å²) in [6, 6.07) is 2.26. The fraction of sp³-hybridized carbons (Fsp3) is 0.333. The van der Waals surface area contributed by atoms with Crippen molar-refractivity contribution in [2.75, 3.05) is 0 Å². The molecule has 1 aromatic carbocycles. The lowest BCUT2D eigenvalue weighted by Gasteiger charge is -2.15. The van der Waals surface area contributed by atoms with E-state index in [1.165, 1.54) is 13.8 Å².